The number of nitrogens with one attached hydrogen (secondary N) is 2. The fraction of sp³-hybridized carbons (Fsp3) is 0.368. The van der Waals surface area contributed by atoms with Gasteiger partial charge in [0.2, 0.25) is 0 Å². The number of hydrogen-bond acceptors (Lipinski definition) is 4. The van der Waals surface area contributed by atoms with Crippen molar-refractivity contribution in [3.05, 3.63) is 53.4 Å². The number of benzene rings is 1. The lowest BCUT2D eigenvalue weighted by Gasteiger charge is -2.20. The molecule has 2 N–H and O–H groups in total. The van der Waals surface area contributed by atoms with Crippen molar-refractivity contribution in [1.29, 1.82) is 0 Å². The van der Waals surface area contributed by atoms with E-state index in [1.807, 2.05) is 23.1 Å². The van der Waals surface area contributed by atoms with E-state index in [4.69, 9.17) is 16.3 Å². The van der Waals surface area contributed by atoms with Gasteiger partial charge in [0.15, 0.2) is 17.6 Å². The van der Waals surface area contributed by atoms with Crippen LogP contribution in [0.25, 0.3) is 0 Å². The lowest BCUT2D eigenvalue weighted by molar-refractivity contribution is 0.322. The number of nitrogens with zero attached hydrogens (tertiary/aromatic N) is 3. The first-order valence-corrected chi connectivity index (χ1v) is 9.25. The zero-order chi connectivity index (χ0) is 19.1. The van der Waals surface area contributed by atoms with Crippen LogP contribution >= 0.6 is 11.6 Å². The van der Waals surface area contributed by atoms with Crippen LogP contribution in [0.4, 0.5) is 10.2 Å². The van der Waals surface area contributed by atoms with E-state index in [1.54, 1.807) is 25.4 Å². The molecule has 1 unspecified atom stereocenters. The lowest BCUT2D eigenvalue weighted by atomic mass is 10.3. The first-order valence-electron chi connectivity index (χ1n) is 8.87. The van der Waals surface area contributed by atoms with Gasteiger partial charge in [0.05, 0.1) is 11.6 Å². The summed E-state index contributed by atoms with van der Waals surface area (Å²) in [4.78, 5) is 10.3. The molecule has 3 rings (SSSR count). The Labute approximate surface area is 163 Å². The van der Waals surface area contributed by atoms with Crippen LogP contribution in [0.2, 0.25) is 5.02 Å². The Morgan fingerprint density at radius 1 is 1.37 bits per heavy atom. The van der Waals surface area contributed by atoms with E-state index in [9.17, 15) is 4.39 Å². The van der Waals surface area contributed by atoms with Crippen LogP contribution in [-0.2, 0) is 0 Å². The summed E-state index contributed by atoms with van der Waals surface area (Å²) in [6.07, 6.45) is 2.49. The maximum atomic E-state index is 13.9. The lowest BCUT2D eigenvalue weighted by Crippen LogP contribution is -2.45. The Morgan fingerprint density at radius 3 is 3.00 bits per heavy atom. The van der Waals surface area contributed by atoms with Gasteiger partial charge in [-0.1, -0.05) is 23.7 Å². The molecular formula is C19H23ClFN5O. The van der Waals surface area contributed by atoms with Gasteiger partial charge in [-0.3, -0.25) is 4.99 Å². The van der Waals surface area contributed by atoms with Crippen LogP contribution in [0.1, 0.15) is 6.42 Å². The van der Waals surface area contributed by atoms with Gasteiger partial charge >= 0.3 is 0 Å². The first-order chi connectivity index (χ1) is 13.2. The molecule has 1 aromatic heterocycles. The zero-order valence-electron chi connectivity index (χ0n) is 15.2. The molecule has 27 heavy (non-hydrogen) atoms. The highest BCUT2D eigenvalue weighted by molar-refractivity contribution is 6.32. The highest BCUT2D eigenvalue weighted by atomic mass is 35.5. The van der Waals surface area contributed by atoms with Crippen LogP contribution in [-0.4, -0.2) is 50.3 Å². The average Bonchev–Trinajstić information content (AvgIpc) is 3.14. The van der Waals surface area contributed by atoms with Crippen LogP contribution < -0.4 is 20.3 Å². The standard InChI is InChI=1S/C19H23ClFN5O/c1-22-19(24-10-12-27-17-7-3-2-5-15(17)20)25-14-8-11-26(13-14)18-16(21)6-4-9-23-18/h2-7,9,14H,8,10-13H2,1H3,(H2,22,24,25). The number of hydrogen-bond donors (Lipinski definition) is 2. The van der Waals surface area contributed by atoms with Gasteiger partial charge in [-0.25, -0.2) is 9.37 Å². The Kier molecular flexibility index (Phi) is 6.70. The van der Waals surface area contributed by atoms with Crippen molar-refractivity contribution < 1.29 is 9.13 Å². The van der Waals surface area contributed by atoms with E-state index in [2.05, 4.69) is 20.6 Å². The molecule has 6 nitrogen and oxygen atoms in total. The SMILES string of the molecule is CN=C(NCCOc1ccccc1Cl)NC1CCN(c2ncccc2F)C1. The summed E-state index contributed by atoms with van der Waals surface area (Å²) < 4.78 is 19.5. The van der Waals surface area contributed by atoms with Crippen LogP contribution in [0.15, 0.2) is 47.6 Å². The monoisotopic (exact) mass is 391 g/mol. The molecule has 1 aromatic carbocycles. The zero-order valence-corrected chi connectivity index (χ0v) is 15.9. The molecular weight excluding hydrogens is 369 g/mol. The molecule has 1 fully saturated rings. The van der Waals surface area contributed by atoms with Crippen LogP contribution in [0.5, 0.6) is 5.75 Å². The number of aliphatic imine (C=N–C) groups is 1. The highest BCUT2D eigenvalue weighted by Crippen LogP contribution is 2.23. The Hall–Kier alpha value is -2.54. The van der Waals surface area contributed by atoms with Crippen molar-refractivity contribution >= 4 is 23.4 Å². The fourth-order valence-electron chi connectivity index (χ4n) is 2.96. The minimum atomic E-state index is -0.294. The summed E-state index contributed by atoms with van der Waals surface area (Å²) in [5, 5.41) is 7.17. The normalized spacial score (nSPS) is 17.1. The highest BCUT2D eigenvalue weighted by Gasteiger charge is 2.25. The van der Waals surface area contributed by atoms with Gasteiger partial charge < -0.3 is 20.3 Å². The molecule has 0 amide bonds. The molecule has 1 atom stereocenters. The second-order valence-corrected chi connectivity index (χ2v) is 6.57. The third kappa shape index (κ3) is 5.23. The molecule has 0 spiro atoms. The molecule has 8 heteroatoms. The van der Waals surface area contributed by atoms with Gasteiger partial charge in [0, 0.05) is 32.4 Å². The third-order valence-electron chi connectivity index (χ3n) is 4.28. The predicted molar refractivity (Wildman–Crippen MR) is 106 cm³/mol. The number of halogens is 2. The molecule has 1 aliphatic heterocycles. The quantitative estimate of drug-likeness (QED) is 0.450. The second-order valence-electron chi connectivity index (χ2n) is 6.16. The number of rotatable bonds is 6. The minimum Gasteiger partial charge on any atom is -0.490 e. The summed E-state index contributed by atoms with van der Waals surface area (Å²) in [5.41, 5.74) is 0. The van der Waals surface area contributed by atoms with Gasteiger partial charge in [0.25, 0.3) is 0 Å². The summed E-state index contributed by atoms with van der Waals surface area (Å²) in [5.74, 6) is 1.45. The van der Waals surface area contributed by atoms with E-state index in [0.717, 1.165) is 13.0 Å². The number of pyridine rings is 1. The Bertz CT molecular complexity index is 788. The molecule has 0 radical (unpaired) electrons. The summed E-state index contributed by atoms with van der Waals surface area (Å²) >= 11 is 6.06. The number of guanidine groups is 1. The van der Waals surface area contributed by atoms with Crippen LogP contribution in [0, 0.1) is 5.82 Å². The van der Waals surface area contributed by atoms with Gasteiger partial charge in [0.1, 0.15) is 12.4 Å². The fourth-order valence-corrected chi connectivity index (χ4v) is 3.15. The van der Waals surface area contributed by atoms with E-state index < -0.39 is 0 Å². The van der Waals surface area contributed by atoms with E-state index >= 15 is 0 Å². The number of aromatic nitrogens is 1. The number of para-hydroxylation sites is 1. The van der Waals surface area contributed by atoms with Gasteiger partial charge in [-0.15, -0.1) is 0 Å². The third-order valence-corrected chi connectivity index (χ3v) is 4.59. The summed E-state index contributed by atoms with van der Waals surface area (Å²) in [6.45, 7) is 2.46. The molecule has 0 bridgehead atoms. The Morgan fingerprint density at radius 2 is 2.22 bits per heavy atom. The predicted octanol–water partition coefficient (Wildman–Crippen LogP) is 2.70. The van der Waals surface area contributed by atoms with Crippen molar-refractivity contribution in [2.45, 2.75) is 12.5 Å². The maximum absolute atomic E-state index is 13.9. The summed E-state index contributed by atoms with van der Waals surface area (Å²) in [7, 11) is 1.72. The van der Waals surface area contributed by atoms with Crippen LogP contribution in [0.3, 0.4) is 0 Å². The Balaban J connectivity index is 1.43. The molecule has 1 saturated heterocycles. The minimum absolute atomic E-state index is 0.169. The molecule has 144 valence electrons. The second kappa shape index (κ2) is 9.41. The van der Waals surface area contributed by atoms with Crippen molar-refractivity contribution in [3.8, 4) is 5.75 Å². The van der Waals surface area contributed by atoms with Gasteiger partial charge in [-0.2, -0.15) is 0 Å². The van der Waals surface area contributed by atoms with E-state index in [-0.39, 0.29) is 11.9 Å². The smallest absolute Gasteiger partial charge is 0.191 e. The number of anilines is 1. The molecule has 0 aliphatic carbocycles. The number of ether oxygens (including phenoxy) is 1. The largest absolute Gasteiger partial charge is 0.490 e. The molecule has 1 aliphatic rings. The van der Waals surface area contributed by atoms with Crippen molar-refractivity contribution in [2.75, 3.05) is 38.2 Å². The topological polar surface area (TPSA) is 61.8 Å². The average molecular weight is 392 g/mol. The van der Waals surface area contributed by atoms with Gasteiger partial charge in [-0.05, 0) is 30.7 Å². The van der Waals surface area contributed by atoms with E-state index in [0.29, 0.717) is 42.2 Å². The molecule has 2 aromatic rings. The van der Waals surface area contributed by atoms with Crippen molar-refractivity contribution in [2.24, 2.45) is 4.99 Å². The van der Waals surface area contributed by atoms with E-state index in [1.165, 1.54) is 6.07 Å². The molecule has 2 heterocycles. The maximum Gasteiger partial charge on any atom is 0.191 e. The summed E-state index contributed by atoms with van der Waals surface area (Å²) in [6, 6.07) is 10.6. The molecule has 0 saturated carbocycles. The van der Waals surface area contributed by atoms with Crippen molar-refractivity contribution in [3.63, 3.8) is 0 Å². The first kappa shape index (κ1) is 19.2. The van der Waals surface area contributed by atoms with Crippen molar-refractivity contribution in [1.82, 2.24) is 15.6 Å².